The average molecular weight is 527 g/mol. The molecule has 0 aromatic heterocycles. The van der Waals surface area contributed by atoms with Crippen molar-refractivity contribution in [2.45, 2.75) is 50.4 Å². The third-order valence-electron chi connectivity index (χ3n) is 7.63. The number of benzene rings is 1. The normalized spacial score (nSPS) is 24.2. The minimum absolute atomic E-state index is 0. The van der Waals surface area contributed by atoms with Gasteiger partial charge in [0, 0.05) is 45.3 Å². The second-order valence-electron chi connectivity index (χ2n) is 9.24. The predicted octanol–water partition coefficient (Wildman–Crippen LogP) is 3.92. The van der Waals surface area contributed by atoms with E-state index in [9.17, 15) is 0 Å². The Hall–Kier alpha value is -1.22. The van der Waals surface area contributed by atoms with Gasteiger partial charge in [0.1, 0.15) is 0 Å². The number of likely N-dealkylation sites (tertiary alicyclic amines) is 1. The lowest BCUT2D eigenvalue weighted by Gasteiger charge is -2.39. The summed E-state index contributed by atoms with van der Waals surface area (Å²) >= 11 is 0. The van der Waals surface area contributed by atoms with Crippen molar-refractivity contribution in [2.75, 3.05) is 46.7 Å². The Morgan fingerprint density at radius 2 is 1.83 bits per heavy atom. The van der Waals surface area contributed by atoms with Crippen molar-refractivity contribution in [3.05, 3.63) is 23.8 Å². The SMILES string of the molecule is CN=C(NCC1(c2ccc3c(c2)OCO3)CCOCC1)N1CCC2(CCCC2)C1.I. The number of nitrogens with one attached hydrogen (secondary N) is 1. The van der Waals surface area contributed by atoms with Crippen LogP contribution in [0.2, 0.25) is 0 Å². The molecule has 7 heteroatoms. The second kappa shape index (κ2) is 9.10. The van der Waals surface area contributed by atoms with Crippen LogP contribution in [-0.4, -0.2) is 57.5 Å². The van der Waals surface area contributed by atoms with Crippen molar-refractivity contribution in [1.82, 2.24) is 10.2 Å². The average Bonchev–Trinajstić information content (AvgIpc) is 3.51. The molecule has 30 heavy (non-hydrogen) atoms. The van der Waals surface area contributed by atoms with Crippen LogP contribution in [0.1, 0.15) is 50.5 Å². The standard InChI is InChI=1S/C23H33N3O3.HI/c1-24-21(26-11-8-22(16-26)6-2-3-7-22)25-15-23(9-12-27-13-10-23)18-4-5-19-20(14-18)29-17-28-19;/h4-5,14H,2-3,6-13,15-17H2,1H3,(H,24,25);1H. The van der Waals surface area contributed by atoms with E-state index in [4.69, 9.17) is 14.2 Å². The summed E-state index contributed by atoms with van der Waals surface area (Å²) in [7, 11) is 1.92. The first-order valence-electron chi connectivity index (χ1n) is 11.2. The lowest BCUT2D eigenvalue weighted by molar-refractivity contribution is 0.0511. The van der Waals surface area contributed by atoms with Crippen molar-refractivity contribution in [2.24, 2.45) is 10.4 Å². The largest absolute Gasteiger partial charge is 0.454 e. The molecule has 6 nitrogen and oxygen atoms in total. The predicted molar refractivity (Wildman–Crippen MR) is 128 cm³/mol. The van der Waals surface area contributed by atoms with Crippen LogP contribution in [0.4, 0.5) is 0 Å². The first kappa shape index (κ1) is 22.0. The zero-order valence-corrected chi connectivity index (χ0v) is 20.3. The van der Waals surface area contributed by atoms with Crippen molar-refractivity contribution in [3.63, 3.8) is 0 Å². The highest BCUT2D eigenvalue weighted by Gasteiger charge is 2.42. The molecule has 3 fully saturated rings. The summed E-state index contributed by atoms with van der Waals surface area (Å²) in [6.07, 6.45) is 8.88. The number of guanidine groups is 1. The van der Waals surface area contributed by atoms with Crippen LogP contribution in [0.15, 0.2) is 23.2 Å². The molecular weight excluding hydrogens is 493 g/mol. The van der Waals surface area contributed by atoms with Crippen LogP contribution in [-0.2, 0) is 10.2 Å². The molecule has 0 bridgehead atoms. The van der Waals surface area contributed by atoms with E-state index >= 15 is 0 Å². The summed E-state index contributed by atoms with van der Waals surface area (Å²) in [5, 5.41) is 3.74. The van der Waals surface area contributed by atoms with Gasteiger partial charge in [0.15, 0.2) is 17.5 Å². The number of aliphatic imine (C=N–C) groups is 1. The van der Waals surface area contributed by atoms with E-state index in [1.807, 2.05) is 13.1 Å². The molecule has 2 saturated heterocycles. The smallest absolute Gasteiger partial charge is 0.231 e. The lowest BCUT2D eigenvalue weighted by atomic mass is 9.74. The second-order valence-corrected chi connectivity index (χ2v) is 9.24. The maximum atomic E-state index is 5.71. The molecular formula is C23H34IN3O3. The van der Waals surface area contributed by atoms with Crippen LogP contribution in [0.5, 0.6) is 11.5 Å². The highest BCUT2D eigenvalue weighted by molar-refractivity contribution is 14.0. The Balaban J connectivity index is 0.00000218. The fourth-order valence-electron chi connectivity index (χ4n) is 5.79. The molecule has 1 aromatic carbocycles. The van der Waals surface area contributed by atoms with Gasteiger partial charge in [-0.1, -0.05) is 18.9 Å². The first-order valence-corrected chi connectivity index (χ1v) is 11.2. The zero-order valence-electron chi connectivity index (χ0n) is 18.0. The molecule has 5 rings (SSSR count). The van der Waals surface area contributed by atoms with Gasteiger partial charge in [-0.05, 0) is 55.2 Å². The van der Waals surface area contributed by atoms with E-state index in [2.05, 4.69) is 27.3 Å². The lowest BCUT2D eigenvalue weighted by Crippen LogP contribution is -2.49. The summed E-state index contributed by atoms with van der Waals surface area (Å²) in [4.78, 5) is 7.13. The van der Waals surface area contributed by atoms with Gasteiger partial charge in [-0.2, -0.15) is 0 Å². The fourth-order valence-corrected chi connectivity index (χ4v) is 5.79. The number of hydrogen-bond acceptors (Lipinski definition) is 4. The van der Waals surface area contributed by atoms with Gasteiger partial charge >= 0.3 is 0 Å². The molecule has 0 amide bonds. The summed E-state index contributed by atoms with van der Waals surface area (Å²) in [5.74, 6) is 2.76. The van der Waals surface area contributed by atoms with Crippen molar-refractivity contribution in [1.29, 1.82) is 0 Å². The molecule has 1 aliphatic carbocycles. The van der Waals surface area contributed by atoms with Crippen LogP contribution in [0, 0.1) is 5.41 Å². The van der Waals surface area contributed by atoms with Gasteiger partial charge in [0.2, 0.25) is 6.79 Å². The monoisotopic (exact) mass is 527 g/mol. The number of rotatable bonds is 3. The maximum Gasteiger partial charge on any atom is 0.231 e. The summed E-state index contributed by atoms with van der Waals surface area (Å²) in [5.41, 5.74) is 1.88. The minimum Gasteiger partial charge on any atom is -0.454 e. The molecule has 1 saturated carbocycles. The Morgan fingerprint density at radius 1 is 1.07 bits per heavy atom. The van der Waals surface area contributed by atoms with Crippen molar-refractivity contribution < 1.29 is 14.2 Å². The number of halogens is 1. The molecule has 0 atom stereocenters. The van der Waals surface area contributed by atoms with Gasteiger partial charge in [0.05, 0.1) is 0 Å². The number of ether oxygens (including phenoxy) is 3. The number of fused-ring (bicyclic) bond motifs is 1. The van der Waals surface area contributed by atoms with Gasteiger partial charge < -0.3 is 24.4 Å². The minimum atomic E-state index is 0. The molecule has 166 valence electrons. The zero-order chi connectivity index (χ0) is 19.7. The van der Waals surface area contributed by atoms with Crippen LogP contribution < -0.4 is 14.8 Å². The van der Waals surface area contributed by atoms with E-state index in [1.54, 1.807) is 0 Å². The van der Waals surface area contributed by atoms with E-state index < -0.39 is 0 Å². The van der Waals surface area contributed by atoms with Gasteiger partial charge in [0.25, 0.3) is 0 Å². The highest BCUT2D eigenvalue weighted by Crippen LogP contribution is 2.45. The number of hydrogen-bond donors (Lipinski definition) is 1. The molecule has 1 spiro atoms. The van der Waals surface area contributed by atoms with Crippen molar-refractivity contribution in [3.8, 4) is 11.5 Å². The summed E-state index contributed by atoms with van der Waals surface area (Å²) < 4.78 is 16.9. The Morgan fingerprint density at radius 3 is 2.60 bits per heavy atom. The van der Waals surface area contributed by atoms with E-state index in [0.717, 1.165) is 63.1 Å². The van der Waals surface area contributed by atoms with Gasteiger partial charge in [-0.25, -0.2) is 0 Å². The van der Waals surface area contributed by atoms with Crippen LogP contribution in [0.25, 0.3) is 0 Å². The highest BCUT2D eigenvalue weighted by atomic mass is 127. The Bertz CT molecular complexity index is 773. The summed E-state index contributed by atoms with van der Waals surface area (Å²) in [6, 6.07) is 6.42. The topological polar surface area (TPSA) is 55.3 Å². The molecule has 3 heterocycles. The molecule has 1 N–H and O–H groups in total. The molecule has 3 aliphatic heterocycles. The molecule has 0 radical (unpaired) electrons. The van der Waals surface area contributed by atoms with Gasteiger partial charge in [-0.3, -0.25) is 4.99 Å². The molecule has 1 aromatic rings. The van der Waals surface area contributed by atoms with E-state index in [-0.39, 0.29) is 29.4 Å². The molecule has 4 aliphatic rings. The van der Waals surface area contributed by atoms with Crippen molar-refractivity contribution >= 4 is 29.9 Å². The van der Waals surface area contributed by atoms with E-state index in [0.29, 0.717) is 12.2 Å². The van der Waals surface area contributed by atoms with Gasteiger partial charge in [-0.15, -0.1) is 24.0 Å². The third kappa shape index (κ3) is 4.11. The Kier molecular flexibility index (Phi) is 6.67. The summed E-state index contributed by atoms with van der Waals surface area (Å²) in [6.45, 7) is 5.05. The Labute approximate surface area is 196 Å². The maximum absolute atomic E-state index is 5.71. The van der Waals surface area contributed by atoms with Crippen LogP contribution in [0.3, 0.4) is 0 Å². The third-order valence-corrected chi connectivity index (χ3v) is 7.63. The van der Waals surface area contributed by atoms with E-state index in [1.165, 1.54) is 37.7 Å². The quantitative estimate of drug-likeness (QED) is 0.367. The fraction of sp³-hybridized carbons (Fsp3) is 0.696. The van der Waals surface area contributed by atoms with Crippen LogP contribution >= 0.6 is 24.0 Å². The molecule has 0 unspecified atom stereocenters. The first-order chi connectivity index (χ1) is 14.2. The number of nitrogens with zero attached hydrogens (tertiary/aromatic N) is 2.